The molecule has 2 aromatic rings. The molecule has 1 aromatic carbocycles. The smallest absolute Gasteiger partial charge is 0.262 e. The van der Waals surface area contributed by atoms with E-state index in [4.69, 9.17) is 5.73 Å². The normalized spacial score (nSPS) is 13.2. The molecule has 2 amide bonds. The van der Waals surface area contributed by atoms with E-state index in [1.807, 2.05) is 22.6 Å². The predicted molar refractivity (Wildman–Crippen MR) is 88.6 cm³/mol. The summed E-state index contributed by atoms with van der Waals surface area (Å²) in [7, 11) is 0. The molecule has 0 spiro atoms. The fourth-order valence-electron chi connectivity index (χ4n) is 2.23. The highest BCUT2D eigenvalue weighted by molar-refractivity contribution is 14.1. The molecule has 2 heterocycles. The zero-order valence-corrected chi connectivity index (χ0v) is 14.4. The number of nitrogens with two attached hydrogens (primary N) is 1. The highest BCUT2D eigenvalue weighted by Gasteiger charge is 2.32. The summed E-state index contributed by atoms with van der Waals surface area (Å²) < 4.78 is 15.9. The van der Waals surface area contributed by atoms with Crippen LogP contribution in [0.15, 0.2) is 27.5 Å². The van der Waals surface area contributed by atoms with E-state index in [0.717, 1.165) is 10.6 Å². The van der Waals surface area contributed by atoms with Crippen LogP contribution in [-0.4, -0.2) is 16.4 Å². The van der Waals surface area contributed by atoms with Gasteiger partial charge in [-0.05, 0) is 50.7 Å². The molecule has 0 atom stereocenters. The molecular weight excluding hydrogens is 472 g/mol. The molecule has 9 heteroatoms. The summed E-state index contributed by atoms with van der Waals surface area (Å²) in [5.74, 6) is -2.37. The van der Waals surface area contributed by atoms with Crippen LogP contribution in [0.25, 0.3) is 5.69 Å². The number of rotatable bonds is 1. The Balaban J connectivity index is 2.43. The molecule has 1 aromatic heterocycles. The lowest BCUT2D eigenvalue weighted by atomic mass is 10.1. The number of benzene rings is 1. The minimum absolute atomic E-state index is 0.0765. The van der Waals surface area contributed by atoms with E-state index >= 15 is 0 Å². The number of carbonyl (C=O) groups excluding carboxylic acids is 2. The lowest BCUT2D eigenvalue weighted by molar-refractivity contribution is 0.0880. The van der Waals surface area contributed by atoms with E-state index in [1.165, 1.54) is 6.07 Å². The van der Waals surface area contributed by atoms with Crippen LogP contribution >= 0.6 is 38.5 Å². The van der Waals surface area contributed by atoms with Gasteiger partial charge in [0.15, 0.2) is 5.82 Å². The molecule has 0 aliphatic carbocycles. The first-order valence-corrected chi connectivity index (χ1v) is 7.75. The fraction of sp³-hybridized carbons (Fsp3) is 0. The van der Waals surface area contributed by atoms with Gasteiger partial charge in [-0.1, -0.05) is 0 Å². The first-order chi connectivity index (χ1) is 10.3. The molecule has 0 unspecified atom stereocenters. The van der Waals surface area contributed by atoms with Crippen molar-refractivity contribution in [1.82, 2.24) is 9.88 Å². The number of hydrogen-bond donors (Lipinski definition) is 2. The van der Waals surface area contributed by atoms with Crippen LogP contribution in [0.2, 0.25) is 0 Å². The van der Waals surface area contributed by atoms with E-state index in [0.29, 0.717) is 3.57 Å². The van der Waals surface area contributed by atoms with Gasteiger partial charge in [-0.25, -0.2) is 4.39 Å². The SMILES string of the molecule is Nc1c2c(cc(=O)n1-c1c(I)ccc(Br)c1F)C(=O)NC2=O. The van der Waals surface area contributed by atoms with Crippen LogP contribution in [0.4, 0.5) is 10.2 Å². The zero-order chi connectivity index (χ0) is 16.2. The summed E-state index contributed by atoms with van der Waals surface area (Å²) >= 11 is 4.90. The van der Waals surface area contributed by atoms with Crippen LogP contribution in [0, 0.1) is 9.39 Å². The molecule has 0 fully saturated rings. The van der Waals surface area contributed by atoms with Gasteiger partial charge in [0.2, 0.25) is 0 Å². The van der Waals surface area contributed by atoms with Crippen molar-refractivity contribution in [3.63, 3.8) is 0 Å². The van der Waals surface area contributed by atoms with Crippen LogP contribution in [0.5, 0.6) is 0 Å². The molecule has 6 nitrogen and oxygen atoms in total. The summed E-state index contributed by atoms with van der Waals surface area (Å²) in [5, 5.41) is 2.05. The first-order valence-electron chi connectivity index (χ1n) is 5.88. The molecule has 1 aliphatic heterocycles. The number of aromatic nitrogens is 1. The van der Waals surface area contributed by atoms with E-state index < -0.39 is 23.2 Å². The summed E-state index contributed by atoms with van der Waals surface area (Å²) in [6, 6.07) is 4.06. The topological polar surface area (TPSA) is 94.2 Å². The Morgan fingerprint density at radius 2 is 1.91 bits per heavy atom. The molecule has 3 N–H and O–H groups in total. The largest absolute Gasteiger partial charge is 0.384 e. The van der Waals surface area contributed by atoms with Crippen molar-refractivity contribution in [2.24, 2.45) is 0 Å². The summed E-state index contributed by atoms with van der Waals surface area (Å²) in [6.45, 7) is 0. The van der Waals surface area contributed by atoms with Gasteiger partial charge < -0.3 is 5.73 Å². The van der Waals surface area contributed by atoms with Crippen molar-refractivity contribution in [1.29, 1.82) is 0 Å². The number of anilines is 1. The molecule has 0 bridgehead atoms. The Morgan fingerprint density at radius 1 is 1.23 bits per heavy atom. The molecular formula is C13H6BrFIN3O3. The third-order valence-electron chi connectivity index (χ3n) is 3.20. The number of pyridine rings is 1. The fourth-order valence-corrected chi connectivity index (χ4v) is 3.21. The number of imide groups is 1. The average molecular weight is 478 g/mol. The Bertz CT molecular complexity index is 926. The van der Waals surface area contributed by atoms with Gasteiger partial charge in [0.05, 0.1) is 15.6 Å². The maximum absolute atomic E-state index is 14.4. The van der Waals surface area contributed by atoms with Crippen molar-refractivity contribution in [2.75, 3.05) is 5.73 Å². The van der Waals surface area contributed by atoms with Gasteiger partial charge in [-0.15, -0.1) is 0 Å². The molecule has 0 radical (unpaired) electrons. The van der Waals surface area contributed by atoms with Crippen molar-refractivity contribution < 1.29 is 14.0 Å². The highest BCUT2D eigenvalue weighted by Crippen LogP contribution is 2.30. The number of nitrogen functional groups attached to an aromatic ring is 1. The van der Waals surface area contributed by atoms with Crippen molar-refractivity contribution >= 4 is 56.2 Å². The second-order valence-corrected chi connectivity index (χ2v) is 6.48. The van der Waals surface area contributed by atoms with Crippen molar-refractivity contribution in [2.45, 2.75) is 0 Å². The molecule has 112 valence electrons. The third kappa shape index (κ3) is 2.07. The summed E-state index contributed by atoms with van der Waals surface area (Å²) in [6.07, 6.45) is 0. The van der Waals surface area contributed by atoms with Crippen molar-refractivity contribution in [3.05, 3.63) is 53.5 Å². The Hall–Kier alpha value is -1.75. The lowest BCUT2D eigenvalue weighted by Gasteiger charge is -2.14. The van der Waals surface area contributed by atoms with Gasteiger partial charge in [0.25, 0.3) is 17.4 Å². The minimum Gasteiger partial charge on any atom is -0.384 e. The van der Waals surface area contributed by atoms with Crippen molar-refractivity contribution in [3.8, 4) is 5.69 Å². The maximum atomic E-state index is 14.4. The second kappa shape index (κ2) is 5.16. The number of hydrogen-bond acceptors (Lipinski definition) is 4. The Labute approximate surface area is 144 Å². The minimum atomic E-state index is -0.711. The Kier molecular flexibility index (Phi) is 3.56. The van der Waals surface area contributed by atoms with Gasteiger partial charge in [0.1, 0.15) is 11.5 Å². The van der Waals surface area contributed by atoms with Gasteiger partial charge in [0, 0.05) is 9.64 Å². The van der Waals surface area contributed by atoms with Gasteiger partial charge >= 0.3 is 0 Å². The zero-order valence-electron chi connectivity index (χ0n) is 10.6. The quantitative estimate of drug-likeness (QED) is 0.372. The molecule has 3 rings (SSSR count). The number of nitrogens with one attached hydrogen (secondary N) is 1. The van der Waals surface area contributed by atoms with Crippen LogP contribution < -0.4 is 16.6 Å². The van der Waals surface area contributed by atoms with E-state index in [9.17, 15) is 18.8 Å². The lowest BCUT2D eigenvalue weighted by Crippen LogP contribution is -2.25. The van der Waals surface area contributed by atoms with E-state index in [2.05, 4.69) is 21.2 Å². The van der Waals surface area contributed by atoms with E-state index in [-0.39, 0.29) is 27.1 Å². The molecule has 0 saturated carbocycles. The number of carbonyl (C=O) groups is 2. The van der Waals surface area contributed by atoms with Crippen LogP contribution in [-0.2, 0) is 0 Å². The van der Waals surface area contributed by atoms with E-state index in [1.54, 1.807) is 6.07 Å². The number of halogens is 3. The van der Waals surface area contributed by atoms with Crippen LogP contribution in [0.3, 0.4) is 0 Å². The Morgan fingerprint density at radius 3 is 2.59 bits per heavy atom. The monoisotopic (exact) mass is 477 g/mol. The predicted octanol–water partition coefficient (Wildman–Crippen LogP) is 1.81. The number of amides is 2. The number of fused-ring (bicyclic) bond motifs is 1. The molecule has 1 aliphatic rings. The van der Waals surface area contributed by atoms with Gasteiger partial charge in [-0.3, -0.25) is 24.3 Å². The second-order valence-electron chi connectivity index (χ2n) is 4.47. The highest BCUT2D eigenvalue weighted by atomic mass is 127. The summed E-state index contributed by atoms with van der Waals surface area (Å²) in [5.41, 5.74) is 4.87. The first kappa shape index (κ1) is 15.2. The maximum Gasteiger partial charge on any atom is 0.262 e. The standard InChI is InChI=1S/C13H6BrFIN3O3/c14-5-1-2-6(16)10(9(5)15)19-7(20)3-4-8(11(19)17)13(22)18-12(4)21/h1-3H,17H2,(H,18,21,22). The number of nitrogens with zero attached hydrogens (tertiary/aromatic N) is 1. The summed E-state index contributed by atoms with van der Waals surface area (Å²) in [4.78, 5) is 35.7. The van der Waals surface area contributed by atoms with Crippen LogP contribution in [0.1, 0.15) is 20.7 Å². The molecule has 0 saturated heterocycles. The average Bonchev–Trinajstić information content (AvgIpc) is 2.73. The third-order valence-corrected chi connectivity index (χ3v) is 4.68. The van der Waals surface area contributed by atoms with Gasteiger partial charge in [-0.2, -0.15) is 0 Å². The molecule has 22 heavy (non-hydrogen) atoms.